The average Bonchev–Trinajstić information content (AvgIpc) is 2.39. The highest BCUT2D eigenvalue weighted by atomic mass is 32.2. The molecule has 0 spiro atoms. The summed E-state index contributed by atoms with van der Waals surface area (Å²) in [7, 11) is -3.84. The second-order valence-corrected chi connectivity index (χ2v) is 6.60. The van der Waals surface area contributed by atoms with Gasteiger partial charge in [-0.05, 0) is 43.9 Å². The number of rotatable bonds is 5. The second kappa shape index (κ2) is 6.51. The van der Waals surface area contributed by atoms with Gasteiger partial charge in [-0.2, -0.15) is 0 Å². The lowest BCUT2D eigenvalue weighted by atomic mass is 10.1. The van der Waals surface area contributed by atoms with Gasteiger partial charge in [0.15, 0.2) is 0 Å². The molecule has 1 saturated heterocycles. The predicted molar refractivity (Wildman–Crippen MR) is 74.2 cm³/mol. The lowest BCUT2D eigenvalue weighted by molar-refractivity contribution is 0.0123. The first-order valence-electron chi connectivity index (χ1n) is 6.65. The fourth-order valence-electron chi connectivity index (χ4n) is 2.20. The molecule has 1 aromatic rings. The summed E-state index contributed by atoms with van der Waals surface area (Å²) in [6.07, 6.45) is 3.78. The van der Waals surface area contributed by atoms with E-state index in [2.05, 4.69) is 4.72 Å². The molecule has 0 radical (unpaired) electrons. The van der Waals surface area contributed by atoms with Crippen LogP contribution in [-0.2, 0) is 14.8 Å². The third-order valence-corrected chi connectivity index (χ3v) is 4.77. The van der Waals surface area contributed by atoms with Gasteiger partial charge >= 0.3 is 0 Å². The van der Waals surface area contributed by atoms with Crippen LogP contribution in [0.1, 0.15) is 25.7 Å². The Kier molecular flexibility index (Phi) is 4.95. The summed E-state index contributed by atoms with van der Waals surface area (Å²) in [6.45, 7) is 0.959. The molecule has 5 nitrogen and oxygen atoms in total. The summed E-state index contributed by atoms with van der Waals surface area (Å²) < 4.78 is 45.5. The molecule has 7 heteroatoms. The monoisotopic (exact) mass is 302 g/mol. The Morgan fingerprint density at radius 2 is 2.20 bits per heavy atom. The van der Waals surface area contributed by atoms with E-state index in [1.54, 1.807) is 0 Å². The van der Waals surface area contributed by atoms with Crippen molar-refractivity contribution in [1.29, 1.82) is 0 Å². The van der Waals surface area contributed by atoms with Crippen LogP contribution in [0.4, 0.5) is 10.1 Å². The highest BCUT2D eigenvalue weighted by Gasteiger charge is 2.20. The summed E-state index contributed by atoms with van der Waals surface area (Å²) in [4.78, 5) is -0.378. The minimum Gasteiger partial charge on any atom is -0.399 e. The van der Waals surface area contributed by atoms with Gasteiger partial charge in [0.05, 0.1) is 6.10 Å². The van der Waals surface area contributed by atoms with Crippen LogP contribution < -0.4 is 10.5 Å². The summed E-state index contributed by atoms with van der Waals surface area (Å²) in [5.74, 6) is -0.841. The molecule has 20 heavy (non-hydrogen) atoms. The number of ether oxygens (including phenoxy) is 1. The van der Waals surface area contributed by atoms with Crippen molar-refractivity contribution in [3.63, 3.8) is 0 Å². The van der Waals surface area contributed by atoms with Gasteiger partial charge in [0, 0.05) is 18.8 Å². The third kappa shape index (κ3) is 3.91. The Hall–Kier alpha value is -1.18. The highest BCUT2D eigenvalue weighted by Crippen LogP contribution is 2.18. The molecule has 1 unspecified atom stereocenters. The van der Waals surface area contributed by atoms with E-state index in [-0.39, 0.29) is 23.2 Å². The lowest BCUT2D eigenvalue weighted by Gasteiger charge is -2.22. The topological polar surface area (TPSA) is 81.4 Å². The number of halogens is 1. The zero-order valence-corrected chi connectivity index (χ0v) is 12.0. The van der Waals surface area contributed by atoms with Crippen molar-refractivity contribution in [2.75, 3.05) is 18.9 Å². The molecule has 1 heterocycles. The van der Waals surface area contributed by atoms with Crippen molar-refractivity contribution in [1.82, 2.24) is 4.72 Å². The molecule has 1 atom stereocenters. The van der Waals surface area contributed by atoms with Gasteiger partial charge in [-0.25, -0.2) is 17.5 Å². The maximum Gasteiger partial charge on any atom is 0.243 e. The first-order valence-corrected chi connectivity index (χ1v) is 8.13. The third-order valence-electron chi connectivity index (χ3n) is 3.28. The lowest BCUT2D eigenvalue weighted by Crippen LogP contribution is -2.30. The standard InChI is InChI=1S/C13H19FN2O3S/c14-12-9-10(15)4-5-13(12)20(17,18)16-7-6-11-3-1-2-8-19-11/h4-5,9,11,16H,1-3,6-8,15H2. The summed E-state index contributed by atoms with van der Waals surface area (Å²) >= 11 is 0. The molecule has 0 aromatic heterocycles. The number of nitrogens with one attached hydrogen (secondary N) is 1. The predicted octanol–water partition coefficient (Wildman–Crippen LogP) is 1.65. The van der Waals surface area contributed by atoms with Crippen LogP contribution in [0.5, 0.6) is 0 Å². The van der Waals surface area contributed by atoms with E-state index in [0.717, 1.165) is 31.9 Å². The van der Waals surface area contributed by atoms with Crippen molar-refractivity contribution in [3.8, 4) is 0 Å². The van der Waals surface area contributed by atoms with Crippen molar-refractivity contribution in [2.45, 2.75) is 36.7 Å². The first kappa shape index (κ1) is 15.2. The molecule has 2 rings (SSSR count). The highest BCUT2D eigenvalue weighted by molar-refractivity contribution is 7.89. The van der Waals surface area contributed by atoms with Crippen molar-refractivity contribution < 1.29 is 17.5 Å². The number of nitrogen functional groups attached to an aromatic ring is 1. The largest absolute Gasteiger partial charge is 0.399 e. The molecule has 1 fully saturated rings. The Morgan fingerprint density at radius 1 is 1.40 bits per heavy atom. The summed E-state index contributed by atoms with van der Waals surface area (Å²) in [6, 6.07) is 3.53. The molecule has 1 aliphatic rings. The van der Waals surface area contributed by atoms with E-state index in [9.17, 15) is 12.8 Å². The molecular formula is C13H19FN2O3S. The number of hydrogen-bond acceptors (Lipinski definition) is 4. The van der Waals surface area contributed by atoms with Gasteiger partial charge in [-0.3, -0.25) is 0 Å². The number of benzene rings is 1. The first-order chi connectivity index (χ1) is 9.49. The minimum atomic E-state index is -3.84. The molecule has 0 saturated carbocycles. The van der Waals surface area contributed by atoms with Crippen molar-refractivity contribution in [2.24, 2.45) is 0 Å². The Labute approximate surface area is 118 Å². The number of anilines is 1. The van der Waals surface area contributed by atoms with Crippen LogP contribution in [0.3, 0.4) is 0 Å². The second-order valence-electron chi connectivity index (χ2n) is 4.86. The maximum atomic E-state index is 13.6. The normalized spacial score (nSPS) is 19.9. The average molecular weight is 302 g/mol. The zero-order chi connectivity index (χ0) is 14.6. The Balaban J connectivity index is 1.93. The summed E-state index contributed by atoms with van der Waals surface area (Å²) in [5, 5.41) is 0. The fraction of sp³-hybridized carbons (Fsp3) is 0.538. The zero-order valence-electron chi connectivity index (χ0n) is 11.1. The number of nitrogens with two attached hydrogens (primary N) is 1. The van der Waals surface area contributed by atoms with E-state index in [4.69, 9.17) is 10.5 Å². The summed E-state index contributed by atoms with van der Waals surface area (Å²) in [5.41, 5.74) is 5.59. The number of hydrogen-bond donors (Lipinski definition) is 2. The Bertz CT molecular complexity index is 557. The van der Waals surface area contributed by atoms with E-state index >= 15 is 0 Å². The molecule has 3 N–H and O–H groups in total. The molecule has 0 amide bonds. The van der Waals surface area contributed by atoms with E-state index in [0.29, 0.717) is 6.42 Å². The van der Waals surface area contributed by atoms with Crippen molar-refractivity contribution in [3.05, 3.63) is 24.0 Å². The van der Waals surface area contributed by atoms with Crippen LogP contribution in [0.15, 0.2) is 23.1 Å². The van der Waals surface area contributed by atoms with Crippen LogP contribution in [0.25, 0.3) is 0 Å². The van der Waals surface area contributed by atoms with Gasteiger partial charge < -0.3 is 10.5 Å². The van der Waals surface area contributed by atoms with Gasteiger partial charge in [0.2, 0.25) is 10.0 Å². The quantitative estimate of drug-likeness (QED) is 0.810. The van der Waals surface area contributed by atoms with Gasteiger partial charge in [0.1, 0.15) is 10.7 Å². The van der Waals surface area contributed by atoms with Gasteiger partial charge in [-0.15, -0.1) is 0 Å². The van der Waals surface area contributed by atoms with Gasteiger partial charge in [0.25, 0.3) is 0 Å². The van der Waals surface area contributed by atoms with Crippen molar-refractivity contribution >= 4 is 15.7 Å². The SMILES string of the molecule is Nc1ccc(S(=O)(=O)NCCC2CCCCO2)c(F)c1. The van der Waals surface area contributed by atoms with E-state index < -0.39 is 15.8 Å². The smallest absolute Gasteiger partial charge is 0.243 e. The minimum absolute atomic E-state index is 0.0858. The number of sulfonamides is 1. The van der Waals surface area contributed by atoms with Crippen LogP contribution >= 0.6 is 0 Å². The molecule has 0 aliphatic carbocycles. The molecule has 1 aromatic carbocycles. The molecule has 0 bridgehead atoms. The molecular weight excluding hydrogens is 283 g/mol. The van der Waals surface area contributed by atoms with Gasteiger partial charge in [-0.1, -0.05) is 0 Å². The maximum absolute atomic E-state index is 13.6. The van der Waals surface area contributed by atoms with E-state index in [1.807, 2.05) is 0 Å². The van der Waals surface area contributed by atoms with Crippen LogP contribution in [0.2, 0.25) is 0 Å². The van der Waals surface area contributed by atoms with Crippen LogP contribution in [0, 0.1) is 5.82 Å². The molecule has 112 valence electrons. The Morgan fingerprint density at radius 3 is 2.85 bits per heavy atom. The van der Waals surface area contributed by atoms with E-state index in [1.165, 1.54) is 12.1 Å². The molecule has 1 aliphatic heterocycles. The fourth-order valence-corrected chi connectivity index (χ4v) is 3.31. The van der Waals surface area contributed by atoms with Crippen LogP contribution in [-0.4, -0.2) is 27.7 Å².